The van der Waals surface area contributed by atoms with Gasteiger partial charge in [0.2, 0.25) is 0 Å². The van der Waals surface area contributed by atoms with E-state index in [1.807, 2.05) is 6.21 Å². The molecule has 0 amide bonds. The average molecular weight is 544 g/mol. The first kappa shape index (κ1) is 30.5. The molecule has 0 saturated heterocycles. The first-order chi connectivity index (χ1) is 18.8. The fourth-order valence-corrected chi connectivity index (χ4v) is 8.18. The number of aliphatic carboxylic acids is 1. The third kappa shape index (κ3) is 8.04. The van der Waals surface area contributed by atoms with E-state index in [2.05, 4.69) is 30.1 Å². The van der Waals surface area contributed by atoms with Gasteiger partial charge in [0.1, 0.15) is 0 Å². The molecule has 3 aliphatic carbocycles. The van der Waals surface area contributed by atoms with Crippen molar-refractivity contribution >= 4 is 12.2 Å². The number of carbonyl (C=O) groups is 1. The van der Waals surface area contributed by atoms with Crippen LogP contribution in [0.25, 0.3) is 0 Å². The number of aliphatic hydroxyl groups is 3. The Kier molecular flexibility index (Phi) is 11.3. The van der Waals surface area contributed by atoms with Crippen molar-refractivity contribution < 1.29 is 25.2 Å². The third-order valence-electron chi connectivity index (χ3n) is 10.5. The molecule has 220 valence electrons. The average Bonchev–Trinajstić information content (AvgIpc) is 3.54. The van der Waals surface area contributed by atoms with Gasteiger partial charge in [-0.15, -0.1) is 0 Å². The summed E-state index contributed by atoms with van der Waals surface area (Å²) in [4.78, 5) is 16.4. The van der Waals surface area contributed by atoms with Gasteiger partial charge in [0, 0.05) is 12.1 Å². The maximum absolute atomic E-state index is 12.1. The van der Waals surface area contributed by atoms with E-state index in [1.54, 1.807) is 0 Å². The smallest absolute Gasteiger partial charge is 0.309 e. The molecular formula is C33H53NO5. The maximum atomic E-state index is 12.1. The first-order valence-electron chi connectivity index (χ1n) is 16.0. The van der Waals surface area contributed by atoms with E-state index in [1.165, 1.54) is 31.3 Å². The molecule has 39 heavy (non-hydrogen) atoms. The topological polar surface area (TPSA) is 110 Å². The van der Waals surface area contributed by atoms with Gasteiger partial charge in [0.05, 0.1) is 30.3 Å². The number of carboxylic acid groups (broad SMARTS) is 1. The Labute approximate surface area is 235 Å². The van der Waals surface area contributed by atoms with Crippen LogP contribution in [0.3, 0.4) is 0 Å². The molecule has 9 atom stereocenters. The minimum atomic E-state index is -0.923. The lowest BCUT2D eigenvalue weighted by Crippen LogP contribution is -2.46. The molecule has 0 bridgehead atoms. The van der Waals surface area contributed by atoms with E-state index in [0.717, 1.165) is 70.8 Å². The molecule has 0 aromatic carbocycles. The number of allylic oxidation sites excluding steroid dienone is 2. The molecule has 2 fully saturated rings. The highest BCUT2D eigenvalue weighted by Gasteiger charge is 2.52. The van der Waals surface area contributed by atoms with Crippen molar-refractivity contribution in [3.05, 3.63) is 23.8 Å². The van der Waals surface area contributed by atoms with Crippen LogP contribution in [0, 0.1) is 35.5 Å². The Hall–Kier alpha value is -1.50. The number of fused-ring (bicyclic) bond motifs is 1. The fourth-order valence-electron chi connectivity index (χ4n) is 8.18. The Morgan fingerprint density at radius 2 is 1.92 bits per heavy atom. The molecule has 6 heteroatoms. The van der Waals surface area contributed by atoms with Gasteiger partial charge in [-0.3, -0.25) is 9.79 Å². The van der Waals surface area contributed by atoms with Crippen molar-refractivity contribution in [3.63, 3.8) is 0 Å². The molecule has 0 radical (unpaired) electrons. The number of hydrogen-bond acceptors (Lipinski definition) is 5. The lowest BCUT2D eigenvalue weighted by molar-refractivity contribution is -0.151. The standard InChI is InChI=1S/C33H53NO5/c1-2-3-5-8-23-11-12-25(30(35)20-23)9-6-4-7-10-28(32(37)38)31(36)27-13-14-29-26(15-17-33(29,39)21-27)19-24-16-18-34-22-24/h11-12,16,22-23,25-31,35-36,39H,2-10,13-15,17-21H2,1H3,(H,37,38). The molecule has 6 nitrogen and oxygen atoms in total. The van der Waals surface area contributed by atoms with E-state index >= 15 is 0 Å². The van der Waals surface area contributed by atoms with Crippen LogP contribution in [-0.2, 0) is 4.79 Å². The number of nitrogens with zero attached hydrogens (tertiary/aromatic N) is 1. The summed E-state index contributed by atoms with van der Waals surface area (Å²) in [5, 5.41) is 43.2. The zero-order valence-corrected chi connectivity index (χ0v) is 24.1. The fraction of sp³-hybridized carbons (Fsp3) is 0.818. The SMILES string of the molecule is CCCCCC1C=CC(CCCCCC(C(=O)O)C(O)C2CCC3C(CC4=CCN=C4)CCC3(O)C2)C(O)C1. The van der Waals surface area contributed by atoms with E-state index in [-0.39, 0.29) is 23.9 Å². The number of aliphatic imine (C=N–C) groups is 1. The normalized spacial score (nSPS) is 35.5. The van der Waals surface area contributed by atoms with Crippen molar-refractivity contribution in [1.82, 2.24) is 0 Å². The molecule has 4 aliphatic rings. The van der Waals surface area contributed by atoms with Crippen molar-refractivity contribution in [2.75, 3.05) is 6.54 Å². The second-order valence-electron chi connectivity index (χ2n) is 13.2. The summed E-state index contributed by atoms with van der Waals surface area (Å²) in [7, 11) is 0. The van der Waals surface area contributed by atoms with Crippen LogP contribution >= 0.6 is 0 Å². The molecule has 4 N–H and O–H groups in total. The molecule has 0 aromatic heterocycles. The number of rotatable bonds is 15. The minimum absolute atomic E-state index is 0.161. The van der Waals surface area contributed by atoms with Gasteiger partial charge in [-0.25, -0.2) is 0 Å². The van der Waals surface area contributed by atoms with Crippen LogP contribution < -0.4 is 0 Å². The predicted octanol–water partition coefficient (Wildman–Crippen LogP) is 6.09. The highest BCUT2D eigenvalue weighted by atomic mass is 16.4. The molecule has 1 aliphatic heterocycles. The third-order valence-corrected chi connectivity index (χ3v) is 10.5. The maximum Gasteiger partial charge on any atom is 0.309 e. The van der Waals surface area contributed by atoms with Crippen LogP contribution in [0.15, 0.2) is 28.8 Å². The summed E-state index contributed by atoms with van der Waals surface area (Å²) >= 11 is 0. The molecule has 0 aromatic rings. The Bertz CT molecular complexity index is 883. The highest BCUT2D eigenvalue weighted by Crippen LogP contribution is 2.53. The van der Waals surface area contributed by atoms with Gasteiger partial charge in [0.25, 0.3) is 0 Å². The molecule has 4 rings (SSSR count). The predicted molar refractivity (Wildman–Crippen MR) is 156 cm³/mol. The number of unbranched alkanes of at least 4 members (excludes halogenated alkanes) is 4. The minimum Gasteiger partial charge on any atom is -0.481 e. The molecule has 0 spiro atoms. The van der Waals surface area contributed by atoms with Gasteiger partial charge >= 0.3 is 5.97 Å². The van der Waals surface area contributed by atoms with Crippen LogP contribution in [0.4, 0.5) is 0 Å². The number of hydrogen-bond donors (Lipinski definition) is 4. The largest absolute Gasteiger partial charge is 0.481 e. The van der Waals surface area contributed by atoms with Crippen LogP contribution in [0.1, 0.15) is 110 Å². The number of aliphatic hydroxyl groups excluding tert-OH is 2. The van der Waals surface area contributed by atoms with Crippen LogP contribution in [-0.4, -0.2) is 57.0 Å². The molecule has 1 heterocycles. The second kappa shape index (κ2) is 14.4. The Morgan fingerprint density at radius 3 is 2.64 bits per heavy atom. The van der Waals surface area contributed by atoms with Gasteiger partial charge in [0.15, 0.2) is 0 Å². The van der Waals surface area contributed by atoms with E-state index < -0.39 is 23.6 Å². The highest BCUT2D eigenvalue weighted by molar-refractivity contribution is 5.80. The van der Waals surface area contributed by atoms with E-state index in [4.69, 9.17) is 0 Å². The summed E-state index contributed by atoms with van der Waals surface area (Å²) in [6.07, 6.45) is 22.1. The second-order valence-corrected chi connectivity index (χ2v) is 13.2. The summed E-state index contributed by atoms with van der Waals surface area (Å²) in [5.74, 6) is -0.478. The zero-order valence-electron chi connectivity index (χ0n) is 24.1. The summed E-state index contributed by atoms with van der Waals surface area (Å²) < 4.78 is 0. The first-order valence-corrected chi connectivity index (χ1v) is 16.0. The van der Waals surface area contributed by atoms with Crippen molar-refractivity contribution in [2.45, 2.75) is 127 Å². The van der Waals surface area contributed by atoms with E-state index in [0.29, 0.717) is 24.7 Å². The molecule has 9 unspecified atom stereocenters. The molecular weight excluding hydrogens is 490 g/mol. The van der Waals surface area contributed by atoms with Crippen LogP contribution in [0.2, 0.25) is 0 Å². The van der Waals surface area contributed by atoms with E-state index in [9.17, 15) is 25.2 Å². The molecule has 2 saturated carbocycles. The van der Waals surface area contributed by atoms with Crippen molar-refractivity contribution in [2.24, 2.45) is 40.5 Å². The Morgan fingerprint density at radius 1 is 1.10 bits per heavy atom. The monoisotopic (exact) mass is 543 g/mol. The summed E-state index contributed by atoms with van der Waals surface area (Å²) in [6, 6.07) is 0. The van der Waals surface area contributed by atoms with Gasteiger partial charge in [-0.05, 0) is 93.5 Å². The van der Waals surface area contributed by atoms with Gasteiger partial charge in [-0.1, -0.05) is 63.7 Å². The lowest BCUT2D eigenvalue weighted by atomic mass is 9.66. The summed E-state index contributed by atoms with van der Waals surface area (Å²) in [5.41, 5.74) is 0.495. The summed E-state index contributed by atoms with van der Waals surface area (Å²) in [6.45, 7) is 2.98. The van der Waals surface area contributed by atoms with Gasteiger partial charge < -0.3 is 20.4 Å². The van der Waals surface area contributed by atoms with Crippen LogP contribution in [0.5, 0.6) is 0 Å². The zero-order chi connectivity index (χ0) is 27.8. The van der Waals surface area contributed by atoms with Crippen molar-refractivity contribution in [3.8, 4) is 0 Å². The quantitative estimate of drug-likeness (QED) is 0.148. The van der Waals surface area contributed by atoms with Gasteiger partial charge in [-0.2, -0.15) is 0 Å². The Balaban J connectivity index is 1.19. The number of carboxylic acids is 1. The van der Waals surface area contributed by atoms with Crippen molar-refractivity contribution in [1.29, 1.82) is 0 Å². The lowest BCUT2D eigenvalue weighted by Gasteiger charge is -2.43.